The molecular weight excluding hydrogens is 294 g/mol. The van der Waals surface area contributed by atoms with E-state index in [2.05, 4.69) is 37.1 Å². The van der Waals surface area contributed by atoms with Gasteiger partial charge in [0.05, 0.1) is 5.01 Å². The van der Waals surface area contributed by atoms with Crippen molar-refractivity contribution in [2.75, 3.05) is 18.0 Å². The van der Waals surface area contributed by atoms with Crippen LogP contribution in [0.25, 0.3) is 11.2 Å². The lowest BCUT2D eigenvalue weighted by Crippen LogP contribution is -2.33. The molecule has 0 atom stereocenters. The number of hydrogen-bond acceptors (Lipinski definition) is 6. The number of anilines is 1. The van der Waals surface area contributed by atoms with Gasteiger partial charge in [-0.1, -0.05) is 0 Å². The van der Waals surface area contributed by atoms with Gasteiger partial charge >= 0.3 is 0 Å². The molecule has 5 nitrogen and oxygen atoms in total. The van der Waals surface area contributed by atoms with Crippen molar-refractivity contribution in [1.29, 1.82) is 0 Å². The summed E-state index contributed by atoms with van der Waals surface area (Å²) < 4.78 is 0. The summed E-state index contributed by atoms with van der Waals surface area (Å²) >= 11 is 1.79. The number of aromatic nitrogens is 4. The normalized spacial score (nSPS) is 16.3. The first kappa shape index (κ1) is 13.6. The quantitative estimate of drug-likeness (QED) is 0.727. The maximum atomic E-state index is 4.64. The lowest BCUT2D eigenvalue weighted by molar-refractivity contribution is 0.501. The molecule has 3 aromatic heterocycles. The van der Waals surface area contributed by atoms with Crippen LogP contribution < -0.4 is 4.90 Å². The Balaban J connectivity index is 1.50. The van der Waals surface area contributed by atoms with Gasteiger partial charge in [0.15, 0.2) is 5.65 Å². The largest absolute Gasteiger partial charge is 0.356 e. The zero-order valence-corrected chi connectivity index (χ0v) is 13.3. The molecule has 0 N–H and O–H groups in total. The van der Waals surface area contributed by atoms with Crippen LogP contribution in [0.3, 0.4) is 0 Å². The highest BCUT2D eigenvalue weighted by molar-refractivity contribution is 7.09. The highest BCUT2D eigenvalue weighted by Gasteiger charge is 2.23. The standard InChI is InChI=1S/C16H17N5S/c1-11-10-22-16(19-11)12-4-8-21(9-5-12)14-3-2-13-15(20-14)18-7-6-17-13/h2-3,6-7,10,12H,4-5,8-9H2,1H3. The van der Waals surface area contributed by atoms with Crippen molar-refractivity contribution in [1.82, 2.24) is 19.9 Å². The van der Waals surface area contributed by atoms with Crippen LogP contribution in [-0.2, 0) is 0 Å². The summed E-state index contributed by atoms with van der Waals surface area (Å²) in [7, 11) is 0. The van der Waals surface area contributed by atoms with Crippen LogP contribution >= 0.6 is 11.3 Å². The van der Waals surface area contributed by atoms with Crippen molar-refractivity contribution >= 4 is 28.3 Å². The number of rotatable bonds is 2. The molecule has 112 valence electrons. The lowest BCUT2D eigenvalue weighted by Gasteiger charge is -2.32. The highest BCUT2D eigenvalue weighted by Crippen LogP contribution is 2.31. The molecule has 22 heavy (non-hydrogen) atoms. The van der Waals surface area contributed by atoms with Gasteiger partial charge in [-0.15, -0.1) is 11.3 Å². The van der Waals surface area contributed by atoms with Crippen molar-refractivity contribution in [3.05, 3.63) is 40.6 Å². The molecule has 0 amide bonds. The van der Waals surface area contributed by atoms with E-state index in [4.69, 9.17) is 0 Å². The molecule has 1 aliphatic heterocycles. The highest BCUT2D eigenvalue weighted by atomic mass is 32.1. The minimum absolute atomic E-state index is 0.593. The van der Waals surface area contributed by atoms with Crippen LogP contribution in [0.2, 0.25) is 0 Å². The molecule has 0 bridgehead atoms. The van der Waals surface area contributed by atoms with Crippen molar-refractivity contribution in [2.24, 2.45) is 0 Å². The zero-order valence-electron chi connectivity index (χ0n) is 12.4. The number of thiazole rings is 1. The third-order valence-corrected chi connectivity index (χ3v) is 5.25. The van der Waals surface area contributed by atoms with Crippen molar-refractivity contribution in [2.45, 2.75) is 25.7 Å². The Morgan fingerprint density at radius 2 is 1.91 bits per heavy atom. The molecule has 0 saturated carbocycles. The summed E-state index contributed by atoms with van der Waals surface area (Å²) in [5, 5.41) is 3.43. The first-order valence-corrected chi connectivity index (χ1v) is 8.42. The monoisotopic (exact) mass is 311 g/mol. The van der Waals surface area contributed by atoms with Gasteiger partial charge < -0.3 is 4.90 Å². The molecule has 6 heteroatoms. The summed E-state index contributed by atoms with van der Waals surface area (Å²) in [6.45, 7) is 4.10. The van der Waals surface area contributed by atoms with Gasteiger partial charge in [-0.2, -0.15) is 0 Å². The third kappa shape index (κ3) is 2.54. The Labute approximate surface area is 133 Å². The fourth-order valence-electron chi connectivity index (χ4n) is 2.94. The fourth-order valence-corrected chi connectivity index (χ4v) is 3.90. The van der Waals surface area contributed by atoms with Crippen molar-refractivity contribution < 1.29 is 0 Å². The number of hydrogen-bond donors (Lipinski definition) is 0. The summed E-state index contributed by atoms with van der Waals surface area (Å²) in [5.74, 6) is 1.59. The van der Waals surface area contributed by atoms with Crippen molar-refractivity contribution in [3.8, 4) is 0 Å². The van der Waals surface area contributed by atoms with Crippen LogP contribution in [0.4, 0.5) is 5.82 Å². The van der Waals surface area contributed by atoms with Gasteiger partial charge in [0.25, 0.3) is 0 Å². The minimum Gasteiger partial charge on any atom is -0.356 e. The summed E-state index contributed by atoms with van der Waals surface area (Å²) in [6.07, 6.45) is 5.65. The second-order valence-corrected chi connectivity index (χ2v) is 6.55. The van der Waals surface area contributed by atoms with Crippen molar-refractivity contribution in [3.63, 3.8) is 0 Å². The Hall–Kier alpha value is -2.08. The Morgan fingerprint density at radius 3 is 2.68 bits per heavy atom. The number of nitrogens with zero attached hydrogens (tertiary/aromatic N) is 5. The van der Waals surface area contributed by atoms with Crippen LogP contribution in [0, 0.1) is 6.92 Å². The average Bonchev–Trinajstić information content (AvgIpc) is 3.01. The Morgan fingerprint density at radius 1 is 1.09 bits per heavy atom. The van der Waals surface area contributed by atoms with E-state index < -0.39 is 0 Å². The zero-order chi connectivity index (χ0) is 14.9. The van der Waals surface area contributed by atoms with E-state index in [1.165, 1.54) is 5.01 Å². The summed E-state index contributed by atoms with van der Waals surface area (Å²) in [5.41, 5.74) is 2.70. The molecule has 0 unspecified atom stereocenters. The van der Waals surface area contributed by atoms with Gasteiger partial charge in [0.1, 0.15) is 11.3 Å². The van der Waals surface area contributed by atoms with E-state index in [1.807, 2.05) is 12.1 Å². The molecule has 1 saturated heterocycles. The number of fused-ring (bicyclic) bond motifs is 1. The van der Waals surface area contributed by atoms with E-state index >= 15 is 0 Å². The molecule has 0 aromatic carbocycles. The molecule has 3 aromatic rings. The smallest absolute Gasteiger partial charge is 0.180 e. The van der Waals surface area contributed by atoms with Crippen LogP contribution in [0.15, 0.2) is 29.9 Å². The first-order valence-electron chi connectivity index (χ1n) is 7.54. The number of aryl methyl sites for hydroxylation is 1. The summed E-state index contributed by atoms with van der Waals surface area (Å²) in [6, 6.07) is 4.05. The predicted molar refractivity (Wildman–Crippen MR) is 88.4 cm³/mol. The second-order valence-electron chi connectivity index (χ2n) is 5.66. The van der Waals surface area contributed by atoms with E-state index in [9.17, 15) is 0 Å². The van der Waals surface area contributed by atoms with Crippen LogP contribution in [0.5, 0.6) is 0 Å². The molecule has 0 radical (unpaired) electrons. The third-order valence-electron chi connectivity index (χ3n) is 4.12. The van der Waals surface area contributed by atoms with Crippen LogP contribution in [-0.4, -0.2) is 33.0 Å². The molecular formula is C16H17N5S. The maximum Gasteiger partial charge on any atom is 0.180 e. The molecule has 4 heterocycles. The minimum atomic E-state index is 0.593. The van der Waals surface area contributed by atoms with E-state index in [0.717, 1.165) is 48.6 Å². The van der Waals surface area contributed by atoms with Crippen LogP contribution in [0.1, 0.15) is 29.5 Å². The number of piperidine rings is 1. The predicted octanol–water partition coefficient (Wildman–Crippen LogP) is 3.17. The van der Waals surface area contributed by atoms with E-state index in [0.29, 0.717) is 5.92 Å². The average molecular weight is 311 g/mol. The number of pyridine rings is 1. The van der Waals surface area contributed by atoms with E-state index in [-0.39, 0.29) is 0 Å². The van der Waals surface area contributed by atoms with Gasteiger partial charge in [-0.3, -0.25) is 4.98 Å². The van der Waals surface area contributed by atoms with E-state index in [1.54, 1.807) is 23.7 Å². The second kappa shape index (κ2) is 5.61. The molecule has 1 fully saturated rings. The van der Waals surface area contributed by atoms with Gasteiger partial charge in [-0.05, 0) is 31.9 Å². The molecule has 0 aliphatic carbocycles. The topological polar surface area (TPSA) is 54.8 Å². The fraction of sp³-hybridized carbons (Fsp3) is 0.375. The SMILES string of the molecule is Cc1csc(C2CCN(c3ccc4nccnc4n3)CC2)n1. The van der Waals surface area contributed by atoms with Gasteiger partial charge in [0, 0.05) is 42.5 Å². The first-order chi connectivity index (χ1) is 10.8. The Bertz CT molecular complexity index is 792. The molecule has 1 aliphatic rings. The molecule has 4 rings (SSSR count). The van der Waals surface area contributed by atoms with Gasteiger partial charge in [-0.25, -0.2) is 15.0 Å². The van der Waals surface area contributed by atoms with Gasteiger partial charge in [0.2, 0.25) is 0 Å². The summed E-state index contributed by atoms with van der Waals surface area (Å²) in [4.78, 5) is 20.2. The molecule has 0 spiro atoms. The lowest BCUT2D eigenvalue weighted by atomic mass is 9.97. The maximum absolute atomic E-state index is 4.64. The Kier molecular flexibility index (Phi) is 3.46.